The van der Waals surface area contributed by atoms with Crippen LogP contribution in [0, 0.1) is 11.3 Å². The molecule has 14 heavy (non-hydrogen) atoms. The molecule has 0 aromatic rings. The van der Waals surface area contributed by atoms with E-state index in [1.165, 1.54) is 0 Å². The van der Waals surface area contributed by atoms with Gasteiger partial charge in [-0.25, -0.2) is 0 Å². The van der Waals surface area contributed by atoms with Crippen LogP contribution in [0.5, 0.6) is 0 Å². The number of hydrogen-bond donors (Lipinski definition) is 3. The standard InChI is InChI=1S/C10H21N3O/c1-8-7-13(6-4-9(8)14)5-2-3-10(11)12/h8-9,14H,2-7H2,1H3,(H3,11,12). The highest BCUT2D eigenvalue weighted by molar-refractivity contribution is 5.76. The Morgan fingerprint density at radius 2 is 2.36 bits per heavy atom. The first-order valence-electron chi connectivity index (χ1n) is 5.33. The summed E-state index contributed by atoms with van der Waals surface area (Å²) in [7, 11) is 0. The molecule has 0 aliphatic carbocycles. The van der Waals surface area contributed by atoms with Crippen LogP contribution in [0.1, 0.15) is 26.2 Å². The van der Waals surface area contributed by atoms with Crippen molar-refractivity contribution < 1.29 is 5.11 Å². The van der Waals surface area contributed by atoms with E-state index in [1.54, 1.807) is 0 Å². The van der Waals surface area contributed by atoms with E-state index in [4.69, 9.17) is 11.1 Å². The van der Waals surface area contributed by atoms with Gasteiger partial charge in [-0.2, -0.15) is 0 Å². The Labute approximate surface area is 85.6 Å². The highest BCUT2D eigenvalue weighted by Gasteiger charge is 2.23. The molecule has 4 heteroatoms. The van der Waals surface area contributed by atoms with E-state index in [-0.39, 0.29) is 11.9 Å². The van der Waals surface area contributed by atoms with E-state index in [0.29, 0.717) is 12.3 Å². The van der Waals surface area contributed by atoms with Crippen LogP contribution in [0.3, 0.4) is 0 Å². The highest BCUT2D eigenvalue weighted by Crippen LogP contribution is 2.16. The lowest BCUT2D eigenvalue weighted by Gasteiger charge is -2.34. The molecule has 0 spiro atoms. The lowest BCUT2D eigenvalue weighted by Crippen LogP contribution is -2.42. The number of nitrogens with zero attached hydrogens (tertiary/aromatic N) is 1. The number of rotatable bonds is 4. The van der Waals surface area contributed by atoms with Crippen molar-refractivity contribution in [1.29, 1.82) is 5.41 Å². The summed E-state index contributed by atoms with van der Waals surface area (Å²) in [5.41, 5.74) is 5.28. The minimum Gasteiger partial charge on any atom is -0.393 e. The number of hydrogen-bond acceptors (Lipinski definition) is 3. The molecule has 0 saturated carbocycles. The van der Waals surface area contributed by atoms with Crippen LogP contribution in [0.15, 0.2) is 0 Å². The number of nitrogens with one attached hydrogen (secondary N) is 1. The van der Waals surface area contributed by atoms with Gasteiger partial charge in [-0.3, -0.25) is 5.41 Å². The Balaban J connectivity index is 2.16. The van der Waals surface area contributed by atoms with E-state index < -0.39 is 0 Å². The van der Waals surface area contributed by atoms with E-state index >= 15 is 0 Å². The molecule has 1 fully saturated rings. The Hall–Kier alpha value is -0.610. The van der Waals surface area contributed by atoms with Crippen molar-refractivity contribution in [3.05, 3.63) is 0 Å². The SMILES string of the molecule is CC1CN(CCCC(=N)N)CCC1O. The van der Waals surface area contributed by atoms with Crippen molar-refractivity contribution in [2.75, 3.05) is 19.6 Å². The third kappa shape index (κ3) is 3.64. The summed E-state index contributed by atoms with van der Waals surface area (Å²) < 4.78 is 0. The lowest BCUT2D eigenvalue weighted by molar-refractivity contribution is 0.0349. The van der Waals surface area contributed by atoms with Crippen LogP contribution >= 0.6 is 0 Å². The predicted molar refractivity (Wildman–Crippen MR) is 57.4 cm³/mol. The lowest BCUT2D eigenvalue weighted by atomic mass is 9.96. The fourth-order valence-corrected chi connectivity index (χ4v) is 1.92. The fourth-order valence-electron chi connectivity index (χ4n) is 1.92. The van der Waals surface area contributed by atoms with Crippen molar-refractivity contribution >= 4 is 5.84 Å². The number of aliphatic hydroxyl groups excluding tert-OH is 1. The molecule has 1 aliphatic rings. The van der Waals surface area contributed by atoms with Crippen molar-refractivity contribution in [2.24, 2.45) is 11.7 Å². The number of piperidine rings is 1. The van der Waals surface area contributed by atoms with E-state index in [1.807, 2.05) is 0 Å². The third-order valence-corrected chi connectivity index (χ3v) is 2.86. The summed E-state index contributed by atoms with van der Waals surface area (Å²) in [6.45, 7) is 5.03. The van der Waals surface area contributed by atoms with Crippen LogP contribution in [0.4, 0.5) is 0 Å². The van der Waals surface area contributed by atoms with Gasteiger partial charge in [-0.05, 0) is 25.3 Å². The molecule has 2 atom stereocenters. The van der Waals surface area contributed by atoms with Crippen molar-refractivity contribution in [2.45, 2.75) is 32.3 Å². The maximum atomic E-state index is 9.53. The van der Waals surface area contributed by atoms with Crippen LogP contribution in [0.2, 0.25) is 0 Å². The molecule has 4 N–H and O–H groups in total. The van der Waals surface area contributed by atoms with Gasteiger partial charge in [0.15, 0.2) is 0 Å². The largest absolute Gasteiger partial charge is 0.393 e. The fraction of sp³-hybridized carbons (Fsp3) is 0.900. The molecular formula is C10H21N3O. The molecule has 1 aliphatic heterocycles. The van der Waals surface area contributed by atoms with Gasteiger partial charge in [0.2, 0.25) is 0 Å². The molecular weight excluding hydrogens is 178 g/mol. The van der Waals surface area contributed by atoms with Crippen LogP contribution in [0.25, 0.3) is 0 Å². The first kappa shape index (κ1) is 11.5. The minimum absolute atomic E-state index is 0.126. The summed E-state index contributed by atoms with van der Waals surface area (Å²) in [5, 5.41) is 16.6. The highest BCUT2D eigenvalue weighted by atomic mass is 16.3. The number of likely N-dealkylation sites (tertiary alicyclic amines) is 1. The molecule has 1 saturated heterocycles. The summed E-state index contributed by atoms with van der Waals surface area (Å²) in [4.78, 5) is 2.35. The molecule has 0 aromatic carbocycles. The second-order valence-corrected chi connectivity index (χ2v) is 4.26. The van der Waals surface area contributed by atoms with Crippen molar-refractivity contribution in [3.63, 3.8) is 0 Å². The second-order valence-electron chi connectivity index (χ2n) is 4.26. The van der Waals surface area contributed by atoms with Gasteiger partial charge in [-0.15, -0.1) is 0 Å². The minimum atomic E-state index is -0.126. The maximum absolute atomic E-state index is 9.53. The molecule has 0 radical (unpaired) electrons. The monoisotopic (exact) mass is 199 g/mol. The molecule has 0 aromatic heterocycles. The van der Waals surface area contributed by atoms with Gasteiger partial charge in [0.25, 0.3) is 0 Å². The Bertz CT molecular complexity index is 196. The zero-order valence-corrected chi connectivity index (χ0v) is 8.87. The molecule has 0 amide bonds. The first-order chi connectivity index (χ1) is 6.59. The average Bonchev–Trinajstić information content (AvgIpc) is 2.10. The first-order valence-corrected chi connectivity index (χ1v) is 5.33. The summed E-state index contributed by atoms with van der Waals surface area (Å²) in [6, 6.07) is 0. The van der Waals surface area contributed by atoms with Gasteiger partial charge in [-0.1, -0.05) is 6.92 Å². The van der Waals surface area contributed by atoms with Gasteiger partial charge < -0.3 is 15.7 Å². The Kier molecular flexibility index (Phi) is 4.35. The summed E-state index contributed by atoms with van der Waals surface area (Å²) in [6.07, 6.45) is 2.39. The maximum Gasteiger partial charge on any atom is 0.0905 e. The van der Waals surface area contributed by atoms with E-state index in [2.05, 4.69) is 11.8 Å². The van der Waals surface area contributed by atoms with Crippen molar-refractivity contribution in [1.82, 2.24) is 4.90 Å². The topological polar surface area (TPSA) is 73.3 Å². The van der Waals surface area contributed by atoms with Crippen LogP contribution in [-0.4, -0.2) is 41.6 Å². The van der Waals surface area contributed by atoms with Crippen molar-refractivity contribution in [3.8, 4) is 0 Å². The summed E-state index contributed by atoms with van der Waals surface area (Å²) in [5.74, 6) is 0.649. The Morgan fingerprint density at radius 3 is 2.93 bits per heavy atom. The molecule has 1 heterocycles. The number of aliphatic hydroxyl groups is 1. The van der Waals surface area contributed by atoms with Gasteiger partial charge in [0.1, 0.15) is 0 Å². The molecule has 0 bridgehead atoms. The predicted octanol–water partition coefficient (Wildman–Crippen LogP) is 0.405. The normalized spacial score (nSPS) is 29.0. The van der Waals surface area contributed by atoms with Gasteiger partial charge in [0.05, 0.1) is 11.9 Å². The zero-order chi connectivity index (χ0) is 10.6. The average molecular weight is 199 g/mol. The smallest absolute Gasteiger partial charge is 0.0905 e. The van der Waals surface area contributed by atoms with Crippen LogP contribution < -0.4 is 5.73 Å². The van der Waals surface area contributed by atoms with E-state index in [0.717, 1.165) is 32.5 Å². The Morgan fingerprint density at radius 1 is 1.64 bits per heavy atom. The molecule has 4 nitrogen and oxygen atoms in total. The number of amidine groups is 1. The molecule has 2 unspecified atom stereocenters. The molecule has 82 valence electrons. The summed E-state index contributed by atoms with van der Waals surface area (Å²) >= 11 is 0. The van der Waals surface area contributed by atoms with Gasteiger partial charge >= 0.3 is 0 Å². The van der Waals surface area contributed by atoms with Gasteiger partial charge in [0, 0.05) is 19.5 Å². The second kappa shape index (κ2) is 5.32. The number of nitrogens with two attached hydrogens (primary N) is 1. The van der Waals surface area contributed by atoms with E-state index in [9.17, 15) is 5.11 Å². The molecule has 1 rings (SSSR count). The zero-order valence-electron chi connectivity index (χ0n) is 8.87. The van der Waals surface area contributed by atoms with Crippen LogP contribution in [-0.2, 0) is 0 Å². The quantitative estimate of drug-likeness (QED) is 0.453. The third-order valence-electron chi connectivity index (χ3n) is 2.86.